The Labute approximate surface area is 183 Å². The van der Waals surface area contributed by atoms with Crippen LogP contribution in [0.1, 0.15) is 20.1 Å². The molecule has 1 aliphatic rings. The van der Waals surface area contributed by atoms with Crippen LogP contribution in [0.4, 0.5) is 4.39 Å². The van der Waals surface area contributed by atoms with Crippen molar-refractivity contribution >= 4 is 23.5 Å². The molecule has 1 aliphatic heterocycles. The molecule has 1 aromatic heterocycles. The number of hydrogen-bond acceptors (Lipinski definition) is 10. The minimum absolute atomic E-state index is 0.548. The first-order valence-corrected chi connectivity index (χ1v) is 13.0. The molecule has 186 valence electrons. The van der Waals surface area contributed by atoms with E-state index in [2.05, 4.69) is 19.1 Å². The number of aliphatic hydroxyl groups is 1. The van der Waals surface area contributed by atoms with E-state index >= 15 is 4.39 Å². The van der Waals surface area contributed by atoms with Crippen molar-refractivity contribution in [1.82, 2.24) is 9.55 Å². The number of nitrogens with one attached hydrogen (secondary N) is 1. The summed E-state index contributed by atoms with van der Waals surface area (Å²) >= 11 is 0. The van der Waals surface area contributed by atoms with Crippen LogP contribution < -0.4 is 11.2 Å². The second-order valence-corrected chi connectivity index (χ2v) is 10.8. The SMILES string of the molecule is CC#CC1(F)[C@@H](O)[C@@H]([C@H](C)OP(=O)(O)OP(=O)(O)OP(=O)(O)O)O[C@H]1n1ccc(=O)[nH]c1=O. The number of aromatic amines is 1. The molecule has 0 amide bonds. The largest absolute Gasteiger partial charge is 0.490 e. The van der Waals surface area contributed by atoms with Crippen LogP contribution in [0.2, 0.25) is 0 Å². The van der Waals surface area contributed by atoms with Crippen molar-refractivity contribution in [1.29, 1.82) is 0 Å². The first-order chi connectivity index (χ1) is 14.9. The summed E-state index contributed by atoms with van der Waals surface area (Å²) in [5, 5.41) is 10.5. The van der Waals surface area contributed by atoms with Crippen molar-refractivity contribution in [2.24, 2.45) is 0 Å². The van der Waals surface area contributed by atoms with E-state index in [0.29, 0.717) is 4.57 Å². The van der Waals surface area contributed by atoms with Crippen molar-refractivity contribution in [3.63, 3.8) is 0 Å². The van der Waals surface area contributed by atoms with Crippen molar-refractivity contribution in [3.05, 3.63) is 33.1 Å². The van der Waals surface area contributed by atoms with Crippen LogP contribution >= 0.6 is 23.5 Å². The third-order valence-corrected chi connectivity index (χ3v) is 7.91. The minimum atomic E-state index is -5.83. The average molecular weight is 538 g/mol. The zero-order valence-corrected chi connectivity index (χ0v) is 19.2. The Morgan fingerprint density at radius 3 is 2.33 bits per heavy atom. The van der Waals surface area contributed by atoms with Crippen molar-refractivity contribution in [2.75, 3.05) is 0 Å². The fraction of sp³-hybridized carbons (Fsp3) is 0.538. The number of halogens is 1. The van der Waals surface area contributed by atoms with Crippen molar-refractivity contribution < 1.29 is 60.6 Å². The molecule has 2 heterocycles. The second-order valence-electron chi connectivity index (χ2n) is 6.46. The van der Waals surface area contributed by atoms with Gasteiger partial charge in [-0.25, -0.2) is 22.9 Å². The van der Waals surface area contributed by atoms with Crippen LogP contribution in [0, 0.1) is 11.8 Å². The predicted molar refractivity (Wildman–Crippen MR) is 103 cm³/mol. The van der Waals surface area contributed by atoms with Gasteiger partial charge in [0.05, 0.1) is 6.10 Å². The van der Waals surface area contributed by atoms with Crippen LogP contribution in [-0.4, -0.2) is 58.2 Å². The molecule has 1 aromatic rings. The van der Waals surface area contributed by atoms with Crippen LogP contribution in [-0.2, 0) is 31.6 Å². The monoisotopic (exact) mass is 538 g/mol. The third-order valence-electron chi connectivity index (χ3n) is 3.99. The summed E-state index contributed by atoms with van der Waals surface area (Å²) in [5.74, 6) is 4.21. The highest BCUT2D eigenvalue weighted by Gasteiger charge is 2.60. The summed E-state index contributed by atoms with van der Waals surface area (Å²) in [6, 6.07) is 0.847. The van der Waals surface area contributed by atoms with E-state index in [-0.39, 0.29) is 0 Å². The molecule has 0 aliphatic carbocycles. The van der Waals surface area contributed by atoms with Crippen molar-refractivity contribution in [2.45, 2.75) is 44.1 Å². The van der Waals surface area contributed by atoms with Gasteiger partial charge in [-0.05, 0) is 13.8 Å². The topological polar surface area (TPSA) is 244 Å². The van der Waals surface area contributed by atoms with E-state index in [0.717, 1.165) is 19.2 Å². The summed E-state index contributed by atoms with van der Waals surface area (Å²) in [4.78, 5) is 61.1. The zero-order valence-electron chi connectivity index (χ0n) is 16.5. The number of nitrogens with zero attached hydrogens (tertiary/aromatic N) is 1. The molecule has 1 fully saturated rings. The van der Waals surface area contributed by atoms with E-state index in [1.54, 1.807) is 0 Å². The Hall–Kier alpha value is -1.50. The van der Waals surface area contributed by atoms with E-state index < -0.39 is 64.9 Å². The highest BCUT2D eigenvalue weighted by molar-refractivity contribution is 7.66. The number of phosphoric ester groups is 1. The van der Waals surface area contributed by atoms with Gasteiger partial charge >= 0.3 is 29.2 Å². The number of hydrogen-bond donors (Lipinski definition) is 6. The average Bonchev–Trinajstić information content (AvgIpc) is 2.83. The van der Waals surface area contributed by atoms with Crippen LogP contribution in [0.5, 0.6) is 0 Å². The maximum absolute atomic E-state index is 15.6. The molecule has 16 nitrogen and oxygen atoms in total. The molecule has 0 aromatic carbocycles. The summed E-state index contributed by atoms with van der Waals surface area (Å²) in [6.07, 6.45) is -7.05. The molecule has 0 saturated carbocycles. The lowest BCUT2D eigenvalue weighted by Gasteiger charge is -2.25. The molecular weight excluding hydrogens is 520 g/mol. The summed E-state index contributed by atoms with van der Waals surface area (Å²) in [7, 11) is -17.1. The van der Waals surface area contributed by atoms with Crippen LogP contribution in [0.3, 0.4) is 0 Å². The maximum Gasteiger partial charge on any atom is 0.490 e. The molecule has 1 saturated heterocycles. The van der Waals surface area contributed by atoms with Gasteiger partial charge in [0, 0.05) is 12.3 Å². The molecule has 7 atom stereocenters. The number of phosphoric acid groups is 3. The number of H-pyrrole nitrogens is 1. The number of aromatic nitrogens is 2. The number of rotatable bonds is 8. The van der Waals surface area contributed by atoms with Crippen LogP contribution in [0.25, 0.3) is 0 Å². The lowest BCUT2D eigenvalue weighted by atomic mass is 9.94. The molecule has 20 heteroatoms. The molecule has 0 bridgehead atoms. The number of aliphatic hydroxyl groups excluding tert-OH is 1. The Kier molecular flexibility index (Phi) is 8.10. The highest BCUT2D eigenvalue weighted by Crippen LogP contribution is 2.66. The smallest absolute Gasteiger partial charge is 0.386 e. The Bertz CT molecular complexity index is 1210. The summed E-state index contributed by atoms with van der Waals surface area (Å²) < 4.78 is 67.2. The molecule has 0 radical (unpaired) electrons. The fourth-order valence-electron chi connectivity index (χ4n) is 2.85. The normalized spacial score (nSPS) is 30.0. The standard InChI is InChI=1S/C13H18FN2O14P3/c1-3-5-13(14)10(18)9(27-11(13)16-6-4-8(17)15-12(16)19)7(2)28-32(23,24)30-33(25,26)29-31(20,21)22/h4,6-7,9-11,18H,1-2H3,(H,23,24)(H,25,26)(H,15,17,19)(H2,20,21,22)/t7-,9+,10-,11+,13?/m0/s1. The van der Waals surface area contributed by atoms with E-state index in [9.17, 15) is 38.2 Å². The van der Waals surface area contributed by atoms with Crippen LogP contribution in [0.15, 0.2) is 21.9 Å². The van der Waals surface area contributed by atoms with Gasteiger partial charge in [-0.15, -0.1) is 5.92 Å². The van der Waals surface area contributed by atoms with E-state index in [4.69, 9.17) is 14.5 Å². The van der Waals surface area contributed by atoms with E-state index in [1.165, 1.54) is 6.92 Å². The Morgan fingerprint density at radius 1 is 1.21 bits per heavy atom. The predicted octanol–water partition coefficient (Wildman–Crippen LogP) is -0.742. The maximum atomic E-state index is 15.6. The summed E-state index contributed by atoms with van der Waals surface area (Å²) in [5.41, 5.74) is -4.96. The molecule has 3 unspecified atom stereocenters. The first-order valence-electron chi connectivity index (χ1n) is 8.51. The first kappa shape index (κ1) is 27.7. The van der Waals surface area contributed by atoms with Gasteiger partial charge in [-0.2, -0.15) is 8.62 Å². The van der Waals surface area contributed by atoms with Gasteiger partial charge < -0.3 is 29.4 Å². The quantitative estimate of drug-likeness (QED) is 0.176. The van der Waals surface area contributed by atoms with Gasteiger partial charge in [0.2, 0.25) is 5.67 Å². The Balaban J connectivity index is 2.32. The van der Waals surface area contributed by atoms with E-state index in [1.807, 2.05) is 10.9 Å². The van der Waals surface area contributed by atoms with Crippen molar-refractivity contribution in [3.8, 4) is 11.8 Å². The van der Waals surface area contributed by atoms with Gasteiger partial charge in [0.15, 0.2) is 6.23 Å². The molecule has 33 heavy (non-hydrogen) atoms. The molecule has 6 N–H and O–H groups in total. The molecule has 2 rings (SSSR count). The third kappa shape index (κ3) is 6.77. The van der Waals surface area contributed by atoms with Gasteiger partial charge in [0.25, 0.3) is 5.56 Å². The lowest BCUT2D eigenvalue weighted by Crippen LogP contribution is -2.46. The van der Waals surface area contributed by atoms with Gasteiger partial charge in [-0.3, -0.25) is 18.9 Å². The van der Waals surface area contributed by atoms with Gasteiger partial charge in [-0.1, -0.05) is 5.92 Å². The number of alkyl halides is 1. The van der Waals surface area contributed by atoms with Gasteiger partial charge in [0.1, 0.15) is 12.2 Å². The second kappa shape index (κ2) is 9.63. The fourth-order valence-corrected chi connectivity index (χ4v) is 6.05. The Morgan fingerprint density at radius 2 is 1.82 bits per heavy atom. The lowest BCUT2D eigenvalue weighted by molar-refractivity contribution is -0.0781. The summed E-state index contributed by atoms with van der Waals surface area (Å²) in [6.45, 7) is 2.13. The molecule has 0 spiro atoms. The number of ether oxygens (including phenoxy) is 1. The molecular formula is C13H18FN2O14P3. The zero-order chi connectivity index (χ0) is 25.4. The highest BCUT2D eigenvalue weighted by atomic mass is 31.3. The minimum Gasteiger partial charge on any atom is -0.386 e.